The SMILES string of the molecule is COc1ccc2c(c1)C(c1ccc(Cl)cc1)=NC(CC(=O)NCCNC(=O)c1ccc(O)c(O)c1)c1nnc(C)n1-2. The van der Waals surface area contributed by atoms with Crippen molar-refractivity contribution in [1.82, 2.24) is 25.4 Å². The van der Waals surface area contributed by atoms with Crippen molar-refractivity contribution in [3.05, 3.63) is 94.0 Å². The van der Waals surface area contributed by atoms with Gasteiger partial charge in [0.1, 0.15) is 17.6 Å². The van der Waals surface area contributed by atoms with Gasteiger partial charge >= 0.3 is 0 Å². The number of fused-ring (bicyclic) bond motifs is 3. The number of hydrogen-bond donors (Lipinski definition) is 4. The number of phenols is 2. The Balaban J connectivity index is 1.36. The van der Waals surface area contributed by atoms with Crippen LogP contribution in [0.5, 0.6) is 17.2 Å². The van der Waals surface area contributed by atoms with Crippen LogP contribution >= 0.6 is 11.6 Å². The molecule has 0 saturated carbocycles. The number of aromatic nitrogens is 3. The van der Waals surface area contributed by atoms with Crippen LogP contribution in [0.1, 0.15) is 45.6 Å². The Morgan fingerprint density at radius 2 is 1.73 bits per heavy atom. The fourth-order valence-electron chi connectivity index (χ4n) is 4.57. The highest BCUT2D eigenvalue weighted by atomic mass is 35.5. The summed E-state index contributed by atoms with van der Waals surface area (Å²) < 4.78 is 7.39. The topological polar surface area (TPSA) is 151 Å². The van der Waals surface area contributed by atoms with Gasteiger partial charge in [0.25, 0.3) is 5.91 Å². The molecule has 2 amide bonds. The zero-order valence-corrected chi connectivity index (χ0v) is 23.0. The van der Waals surface area contributed by atoms with Crippen LogP contribution in [0.25, 0.3) is 5.69 Å². The Bertz CT molecular complexity index is 1650. The Hall–Kier alpha value is -4.90. The van der Waals surface area contributed by atoms with Crippen molar-refractivity contribution in [2.45, 2.75) is 19.4 Å². The smallest absolute Gasteiger partial charge is 0.251 e. The summed E-state index contributed by atoms with van der Waals surface area (Å²) in [6, 6.07) is 16.1. The van der Waals surface area contributed by atoms with Gasteiger partial charge in [-0.25, -0.2) is 0 Å². The Morgan fingerprint density at radius 3 is 2.46 bits per heavy atom. The molecule has 12 heteroatoms. The van der Waals surface area contributed by atoms with Crippen LogP contribution in [-0.4, -0.2) is 62.7 Å². The predicted molar refractivity (Wildman–Crippen MR) is 152 cm³/mol. The largest absolute Gasteiger partial charge is 0.504 e. The van der Waals surface area contributed by atoms with Gasteiger partial charge < -0.3 is 25.6 Å². The highest BCUT2D eigenvalue weighted by molar-refractivity contribution is 6.30. The van der Waals surface area contributed by atoms with E-state index in [2.05, 4.69) is 20.8 Å². The van der Waals surface area contributed by atoms with Crippen molar-refractivity contribution in [2.75, 3.05) is 20.2 Å². The molecular weight excluding hydrogens is 548 g/mol. The van der Waals surface area contributed by atoms with Gasteiger partial charge in [0.05, 0.1) is 24.9 Å². The fraction of sp³-hybridized carbons (Fsp3) is 0.207. The lowest BCUT2D eigenvalue weighted by molar-refractivity contribution is -0.121. The highest BCUT2D eigenvalue weighted by Gasteiger charge is 2.30. The number of rotatable bonds is 8. The second-order valence-corrected chi connectivity index (χ2v) is 9.77. The zero-order chi connectivity index (χ0) is 29.1. The molecule has 5 rings (SSSR count). The summed E-state index contributed by atoms with van der Waals surface area (Å²) in [4.78, 5) is 30.4. The highest BCUT2D eigenvalue weighted by Crippen LogP contribution is 2.34. The third kappa shape index (κ3) is 5.85. The summed E-state index contributed by atoms with van der Waals surface area (Å²) in [6.07, 6.45) is -0.0138. The van der Waals surface area contributed by atoms with E-state index < -0.39 is 17.7 Å². The summed E-state index contributed by atoms with van der Waals surface area (Å²) in [5.74, 6) is 0.368. The lowest BCUT2D eigenvalue weighted by Gasteiger charge is -2.14. The molecule has 1 aromatic heterocycles. The molecule has 4 aromatic rings. The molecule has 1 aliphatic heterocycles. The minimum absolute atomic E-state index is 0.0138. The van der Waals surface area contributed by atoms with Crippen molar-refractivity contribution in [2.24, 2.45) is 4.99 Å². The number of methoxy groups -OCH3 is 1. The van der Waals surface area contributed by atoms with Crippen LogP contribution in [0.15, 0.2) is 65.7 Å². The van der Waals surface area contributed by atoms with Gasteiger partial charge in [0, 0.05) is 34.8 Å². The number of amides is 2. The van der Waals surface area contributed by atoms with Crippen LogP contribution in [0, 0.1) is 6.92 Å². The third-order valence-corrected chi connectivity index (χ3v) is 6.85. The number of carbonyl (C=O) groups excluding carboxylic acids is 2. The maximum absolute atomic E-state index is 13.0. The lowest BCUT2D eigenvalue weighted by Crippen LogP contribution is -2.35. The van der Waals surface area contributed by atoms with E-state index in [0.29, 0.717) is 28.1 Å². The monoisotopic (exact) mass is 574 g/mol. The van der Waals surface area contributed by atoms with Crippen LogP contribution in [-0.2, 0) is 4.79 Å². The first kappa shape index (κ1) is 27.7. The van der Waals surface area contributed by atoms with E-state index in [4.69, 9.17) is 21.3 Å². The average Bonchev–Trinajstić information content (AvgIpc) is 3.29. The number of aliphatic imine (C=N–C) groups is 1. The third-order valence-electron chi connectivity index (χ3n) is 6.60. The lowest BCUT2D eigenvalue weighted by atomic mass is 10.00. The molecule has 0 saturated heterocycles. The van der Waals surface area contributed by atoms with Gasteiger partial charge in [0.2, 0.25) is 5.91 Å². The molecule has 1 unspecified atom stereocenters. The number of nitrogens with zero attached hydrogens (tertiary/aromatic N) is 4. The summed E-state index contributed by atoms with van der Waals surface area (Å²) in [5.41, 5.74) is 3.25. The van der Waals surface area contributed by atoms with E-state index in [1.54, 1.807) is 19.2 Å². The van der Waals surface area contributed by atoms with Gasteiger partial charge in [-0.05, 0) is 55.5 Å². The van der Waals surface area contributed by atoms with Gasteiger partial charge in [-0.1, -0.05) is 23.7 Å². The predicted octanol–water partition coefficient (Wildman–Crippen LogP) is 3.48. The molecule has 0 fully saturated rings. The van der Waals surface area contributed by atoms with E-state index in [1.165, 1.54) is 12.1 Å². The van der Waals surface area contributed by atoms with Crippen LogP contribution < -0.4 is 15.4 Å². The molecule has 3 aromatic carbocycles. The quantitative estimate of drug-likeness (QED) is 0.186. The van der Waals surface area contributed by atoms with Gasteiger partial charge in [-0.15, -0.1) is 10.2 Å². The van der Waals surface area contributed by atoms with E-state index in [0.717, 1.165) is 22.9 Å². The van der Waals surface area contributed by atoms with Crippen molar-refractivity contribution in [1.29, 1.82) is 0 Å². The fourth-order valence-corrected chi connectivity index (χ4v) is 4.70. The maximum Gasteiger partial charge on any atom is 0.251 e. The van der Waals surface area contributed by atoms with E-state index in [-0.39, 0.29) is 36.7 Å². The number of aryl methyl sites for hydroxylation is 1. The maximum atomic E-state index is 13.0. The number of halogens is 1. The molecule has 41 heavy (non-hydrogen) atoms. The van der Waals surface area contributed by atoms with Crippen molar-refractivity contribution in [3.8, 4) is 22.9 Å². The molecule has 0 radical (unpaired) electrons. The van der Waals surface area contributed by atoms with Crippen LogP contribution in [0.4, 0.5) is 0 Å². The number of hydrogen-bond acceptors (Lipinski definition) is 8. The van der Waals surface area contributed by atoms with E-state index >= 15 is 0 Å². The molecule has 0 spiro atoms. The van der Waals surface area contributed by atoms with E-state index in [1.807, 2.05) is 41.8 Å². The van der Waals surface area contributed by atoms with Crippen molar-refractivity contribution in [3.63, 3.8) is 0 Å². The van der Waals surface area contributed by atoms with Gasteiger partial charge in [-0.3, -0.25) is 19.1 Å². The summed E-state index contributed by atoms with van der Waals surface area (Å²) in [5, 5.41) is 33.7. The number of aromatic hydroxyl groups is 2. The first-order valence-electron chi connectivity index (χ1n) is 12.8. The minimum atomic E-state index is -0.658. The number of benzene rings is 3. The molecule has 0 bridgehead atoms. The van der Waals surface area contributed by atoms with Gasteiger partial charge in [0.15, 0.2) is 17.3 Å². The Kier molecular flexibility index (Phi) is 7.88. The average molecular weight is 575 g/mol. The molecule has 210 valence electrons. The standard InChI is InChI=1S/C29H27ClN6O5/c1-16-34-35-28-22(15-26(39)31-11-12-32-29(40)18-5-10-24(37)25(38)13-18)33-27(17-3-6-19(30)7-4-17)21-14-20(41-2)8-9-23(21)36(16)28/h3-10,13-14,22,37-38H,11-12,15H2,1-2H3,(H,31,39)(H,32,40). The summed E-state index contributed by atoms with van der Waals surface area (Å²) in [6.45, 7) is 2.15. The first-order chi connectivity index (χ1) is 19.7. The molecule has 11 nitrogen and oxygen atoms in total. The molecule has 1 aliphatic rings. The second kappa shape index (κ2) is 11.7. The van der Waals surface area contributed by atoms with Crippen LogP contribution in [0.2, 0.25) is 5.02 Å². The number of ether oxygens (including phenoxy) is 1. The Morgan fingerprint density at radius 1 is 0.976 bits per heavy atom. The molecule has 0 aliphatic carbocycles. The van der Waals surface area contributed by atoms with E-state index in [9.17, 15) is 19.8 Å². The second-order valence-electron chi connectivity index (χ2n) is 9.34. The molecule has 2 heterocycles. The molecular formula is C29H27ClN6O5. The number of phenolic OH excluding ortho intramolecular Hbond substituents is 2. The molecule has 4 N–H and O–H groups in total. The number of nitrogens with one attached hydrogen (secondary N) is 2. The minimum Gasteiger partial charge on any atom is -0.504 e. The zero-order valence-electron chi connectivity index (χ0n) is 22.3. The first-order valence-corrected chi connectivity index (χ1v) is 13.1. The molecule has 1 atom stereocenters. The van der Waals surface area contributed by atoms with Crippen molar-refractivity contribution < 1.29 is 24.5 Å². The van der Waals surface area contributed by atoms with Crippen molar-refractivity contribution >= 4 is 29.1 Å². The summed E-state index contributed by atoms with van der Waals surface area (Å²) in [7, 11) is 1.59. The number of carbonyl (C=O) groups is 2. The summed E-state index contributed by atoms with van der Waals surface area (Å²) >= 11 is 6.15. The van der Waals surface area contributed by atoms with Gasteiger partial charge in [-0.2, -0.15) is 0 Å². The Labute approximate surface area is 240 Å². The van der Waals surface area contributed by atoms with Crippen LogP contribution in [0.3, 0.4) is 0 Å². The normalized spacial score (nSPS) is 13.8.